The van der Waals surface area contributed by atoms with Crippen LogP contribution in [0.4, 0.5) is 0 Å². The summed E-state index contributed by atoms with van der Waals surface area (Å²) in [5, 5.41) is 50.7. The zero-order valence-corrected chi connectivity index (χ0v) is 18.2. The van der Waals surface area contributed by atoms with E-state index in [2.05, 4.69) is 18.0 Å². The molecule has 3 aliphatic heterocycles. The number of rotatable bonds is 3. The van der Waals surface area contributed by atoms with Gasteiger partial charge in [0, 0.05) is 29.4 Å². The highest BCUT2D eigenvalue weighted by atomic mass is 16.7. The number of ether oxygens (including phenoxy) is 3. The summed E-state index contributed by atoms with van der Waals surface area (Å²) in [4.78, 5) is 13.8. The van der Waals surface area contributed by atoms with Crippen molar-refractivity contribution in [3.63, 3.8) is 0 Å². The molecule has 0 aromatic rings. The largest absolute Gasteiger partial charge is 0.483 e. The molecule has 10 heteroatoms. The van der Waals surface area contributed by atoms with Crippen LogP contribution in [0.5, 0.6) is 0 Å². The molecule has 33 heavy (non-hydrogen) atoms. The molecule has 0 unspecified atom stereocenters. The van der Waals surface area contributed by atoms with Gasteiger partial charge in [-0.15, -0.1) is 0 Å². The van der Waals surface area contributed by atoms with Crippen LogP contribution in [0.2, 0.25) is 0 Å². The normalized spacial score (nSPS) is 48.5. The molecule has 180 valence electrons. The van der Waals surface area contributed by atoms with Gasteiger partial charge in [0.25, 0.3) is 0 Å². The highest BCUT2D eigenvalue weighted by Crippen LogP contribution is 2.65. The van der Waals surface area contributed by atoms with E-state index in [9.17, 15) is 30.3 Å². The van der Waals surface area contributed by atoms with Gasteiger partial charge in [0.15, 0.2) is 11.9 Å². The second-order valence-corrected chi connectivity index (χ2v) is 10.1. The Morgan fingerprint density at radius 2 is 1.94 bits per heavy atom. The Morgan fingerprint density at radius 3 is 2.70 bits per heavy atom. The summed E-state index contributed by atoms with van der Waals surface area (Å²) in [5.74, 6) is -0.305. The van der Waals surface area contributed by atoms with Crippen molar-refractivity contribution in [3.05, 3.63) is 34.8 Å². The first-order chi connectivity index (χ1) is 15.7. The topological polar surface area (TPSA) is 149 Å². The highest BCUT2D eigenvalue weighted by Gasteiger charge is 2.66. The number of nitrogens with zero attached hydrogens (tertiary/aromatic N) is 1. The number of hydrogen-bond acceptors (Lipinski definition) is 9. The fourth-order valence-corrected chi connectivity index (χ4v) is 6.93. The summed E-state index contributed by atoms with van der Waals surface area (Å²) in [6.45, 7) is 0.886. The van der Waals surface area contributed by atoms with Crippen molar-refractivity contribution in [2.45, 2.75) is 74.6 Å². The van der Waals surface area contributed by atoms with Gasteiger partial charge in [0.1, 0.15) is 36.3 Å². The van der Waals surface area contributed by atoms with Crippen LogP contribution in [0, 0.1) is 11.3 Å². The lowest BCUT2D eigenvalue weighted by atomic mass is 9.52. The molecule has 0 aromatic carbocycles. The van der Waals surface area contributed by atoms with Crippen LogP contribution in [-0.4, -0.2) is 98.9 Å². The van der Waals surface area contributed by atoms with Gasteiger partial charge in [-0.05, 0) is 32.9 Å². The maximum Gasteiger partial charge on any atom is 0.335 e. The third-order valence-electron chi connectivity index (χ3n) is 8.51. The Labute approximate surface area is 190 Å². The van der Waals surface area contributed by atoms with Crippen molar-refractivity contribution < 1.29 is 44.5 Å². The summed E-state index contributed by atoms with van der Waals surface area (Å²) in [5.41, 5.74) is 2.01. The van der Waals surface area contributed by atoms with Crippen LogP contribution < -0.4 is 0 Å². The maximum atomic E-state index is 11.5. The zero-order valence-electron chi connectivity index (χ0n) is 18.2. The van der Waals surface area contributed by atoms with E-state index in [0.29, 0.717) is 24.0 Å². The fraction of sp³-hybridized carbons (Fsp3) is 0.696. The number of aliphatic hydroxyl groups excluding tert-OH is 4. The monoisotopic (exact) mass is 463 g/mol. The number of carboxylic acids is 1. The number of likely N-dealkylation sites (tertiary alicyclic amines) is 1. The minimum Gasteiger partial charge on any atom is -0.483 e. The number of allylic oxidation sites excluding steroid dienone is 2. The van der Waals surface area contributed by atoms with Crippen molar-refractivity contribution in [2.75, 3.05) is 13.6 Å². The smallest absolute Gasteiger partial charge is 0.335 e. The van der Waals surface area contributed by atoms with Crippen LogP contribution in [0.15, 0.2) is 34.8 Å². The van der Waals surface area contributed by atoms with Crippen LogP contribution in [0.3, 0.4) is 0 Å². The number of carbonyl (C=O) groups is 1. The number of hydrogen-bond donors (Lipinski definition) is 5. The van der Waals surface area contributed by atoms with Crippen molar-refractivity contribution in [2.24, 2.45) is 11.3 Å². The molecule has 1 spiro atoms. The molecule has 0 saturated carbocycles. The average molecular weight is 463 g/mol. The van der Waals surface area contributed by atoms with E-state index in [1.54, 1.807) is 0 Å². The number of aliphatic carboxylic acids is 1. The molecule has 10 nitrogen and oxygen atoms in total. The quantitative estimate of drug-likeness (QED) is 0.338. The summed E-state index contributed by atoms with van der Waals surface area (Å²) in [6, 6.07) is 0.339. The van der Waals surface area contributed by atoms with Gasteiger partial charge in [-0.1, -0.05) is 17.7 Å². The molecule has 3 fully saturated rings. The van der Waals surface area contributed by atoms with Crippen molar-refractivity contribution >= 4 is 5.97 Å². The Balaban J connectivity index is 1.39. The van der Waals surface area contributed by atoms with E-state index in [-0.39, 0.29) is 11.3 Å². The Hall–Kier alpha value is -1.95. The second kappa shape index (κ2) is 7.27. The van der Waals surface area contributed by atoms with Gasteiger partial charge >= 0.3 is 5.97 Å². The summed E-state index contributed by atoms with van der Waals surface area (Å²) in [6.07, 6.45) is -2.73. The number of aliphatic hydroxyl groups is 4. The van der Waals surface area contributed by atoms with Gasteiger partial charge in [-0.3, -0.25) is 0 Å². The van der Waals surface area contributed by atoms with Gasteiger partial charge in [-0.2, -0.15) is 0 Å². The Kier molecular flexibility index (Phi) is 4.75. The van der Waals surface area contributed by atoms with Crippen molar-refractivity contribution in [1.82, 2.24) is 4.90 Å². The summed E-state index contributed by atoms with van der Waals surface area (Å²) in [7, 11) is 2.14. The minimum absolute atomic E-state index is 0.199. The molecule has 6 rings (SSSR count). The molecule has 10 atom stereocenters. The van der Waals surface area contributed by atoms with E-state index >= 15 is 0 Å². The first-order valence-electron chi connectivity index (χ1n) is 11.5. The number of carboxylic acid groups (broad SMARTS) is 1. The van der Waals surface area contributed by atoms with Crippen LogP contribution in [0.1, 0.15) is 25.7 Å². The maximum absolute atomic E-state index is 11.5. The van der Waals surface area contributed by atoms with Gasteiger partial charge in [-0.25, -0.2) is 4.79 Å². The standard InChI is InChI=1S/C23H29NO9/c1-24-7-6-23-10-3-4-12(25)20(23)32-18-13(5-2-9(14(18)23)8-11(10)24)31-22-17(28)15(26)16(27)19(33-22)21(29)30/h3-4,10-12,15-17,19-20,22,25-28H,2,5-8H2,1H3,(H,29,30)/t10-,11+,12-,15-,16-,17+,19-,20-,22+,23-/m0/s1. The third kappa shape index (κ3) is 2.79. The number of piperidine rings is 1. The van der Waals surface area contributed by atoms with Crippen LogP contribution >= 0.6 is 0 Å². The van der Waals surface area contributed by atoms with Gasteiger partial charge in [0.2, 0.25) is 6.29 Å². The van der Waals surface area contributed by atoms with Crippen LogP contribution in [0.25, 0.3) is 0 Å². The third-order valence-corrected chi connectivity index (χ3v) is 8.51. The minimum atomic E-state index is -1.78. The molecule has 0 radical (unpaired) electrons. The molecule has 3 saturated heterocycles. The molecule has 0 amide bonds. The highest BCUT2D eigenvalue weighted by molar-refractivity contribution is 5.73. The van der Waals surface area contributed by atoms with E-state index in [1.807, 2.05) is 6.08 Å². The first kappa shape index (κ1) is 21.6. The average Bonchev–Trinajstić information content (AvgIpc) is 3.14. The lowest BCUT2D eigenvalue weighted by Gasteiger charge is -2.56. The summed E-state index contributed by atoms with van der Waals surface area (Å²) < 4.78 is 17.7. The molecule has 2 bridgehead atoms. The second-order valence-electron chi connectivity index (χ2n) is 10.1. The molecule has 0 aromatic heterocycles. The SMILES string of the molecule is CN1CC[C@]23C4=C5CCC(O[C@@H]6O[C@H](C(=O)O)[C@@H](O)[C@H](O)[C@H]6O)=C4O[C@H]2[C@@H](O)C=C[C@H]3[C@H]1C5. The molecular weight excluding hydrogens is 434 g/mol. The summed E-state index contributed by atoms with van der Waals surface area (Å²) >= 11 is 0. The predicted octanol–water partition coefficient (Wildman–Crippen LogP) is -0.763. The first-order valence-corrected chi connectivity index (χ1v) is 11.5. The van der Waals surface area contributed by atoms with Gasteiger partial charge in [0.05, 0.1) is 0 Å². The predicted molar refractivity (Wildman–Crippen MR) is 110 cm³/mol. The van der Waals surface area contributed by atoms with E-state index in [1.165, 1.54) is 5.57 Å². The lowest BCUT2D eigenvalue weighted by molar-refractivity contribution is -0.285. The van der Waals surface area contributed by atoms with Gasteiger partial charge < -0.3 is 44.6 Å². The zero-order chi connectivity index (χ0) is 23.2. The van der Waals surface area contributed by atoms with Crippen molar-refractivity contribution in [1.29, 1.82) is 0 Å². The Bertz CT molecular complexity index is 975. The van der Waals surface area contributed by atoms with E-state index < -0.39 is 48.9 Å². The van der Waals surface area contributed by atoms with Crippen LogP contribution in [-0.2, 0) is 19.0 Å². The molecule has 3 heterocycles. The van der Waals surface area contributed by atoms with E-state index in [0.717, 1.165) is 31.4 Å². The van der Waals surface area contributed by atoms with E-state index in [4.69, 9.17) is 14.2 Å². The molecule has 6 aliphatic rings. The molecule has 3 aliphatic carbocycles. The Morgan fingerprint density at radius 1 is 1.15 bits per heavy atom. The molecular formula is C23H29NO9. The molecule has 5 N–H and O–H groups in total. The lowest BCUT2D eigenvalue weighted by Crippen LogP contribution is -2.61. The fourth-order valence-electron chi connectivity index (χ4n) is 6.93. The van der Waals surface area contributed by atoms with Crippen molar-refractivity contribution in [3.8, 4) is 0 Å².